The zero-order valence-corrected chi connectivity index (χ0v) is 9.28. The third-order valence-electron chi connectivity index (χ3n) is 1.22. The van der Waals surface area contributed by atoms with Gasteiger partial charge in [0, 0.05) is 4.47 Å². The van der Waals surface area contributed by atoms with E-state index in [9.17, 15) is 0 Å². The van der Waals surface area contributed by atoms with Crippen molar-refractivity contribution in [1.29, 1.82) is 0 Å². The molecule has 0 spiro atoms. The van der Waals surface area contributed by atoms with Gasteiger partial charge in [0.15, 0.2) is 0 Å². The Morgan fingerprint density at radius 2 is 2.09 bits per heavy atom. The molecule has 0 aliphatic rings. The molecule has 0 aromatic heterocycles. The van der Waals surface area contributed by atoms with Crippen LogP contribution in [0.5, 0.6) is 5.75 Å². The second-order valence-corrected chi connectivity index (χ2v) is 3.63. The van der Waals surface area contributed by atoms with Crippen molar-refractivity contribution in [2.24, 2.45) is 0 Å². The maximum atomic E-state index is 5.34. The van der Waals surface area contributed by atoms with Crippen molar-refractivity contribution < 1.29 is 4.74 Å². The number of ether oxygens (including phenoxy) is 1. The van der Waals surface area contributed by atoms with E-state index in [0.717, 1.165) is 14.7 Å². The van der Waals surface area contributed by atoms with E-state index in [1.165, 1.54) is 0 Å². The normalized spacial score (nSPS) is 9.73. The van der Waals surface area contributed by atoms with Gasteiger partial charge in [0.1, 0.15) is 5.75 Å². The van der Waals surface area contributed by atoms with Crippen molar-refractivity contribution in [2.75, 3.05) is 6.61 Å². The van der Waals surface area contributed by atoms with Gasteiger partial charge in [0.05, 0.1) is 11.1 Å². The van der Waals surface area contributed by atoms with Crippen LogP contribution in [0.3, 0.4) is 0 Å². The van der Waals surface area contributed by atoms with Gasteiger partial charge in [-0.1, -0.05) is 6.07 Å². The first kappa shape index (κ1) is 9.07. The van der Waals surface area contributed by atoms with Crippen molar-refractivity contribution in [1.82, 2.24) is 0 Å². The number of hydrogen-bond acceptors (Lipinski definition) is 1. The lowest BCUT2D eigenvalue weighted by Gasteiger charge is -2.05. The molecule has 1 aromatic rings. The number of halogens is 2. The van der Waals surface area contributed by atoms with Crippen LogP contribution < -0.4 is 4.74 Å². The van der Waals surface area contributed by atoms with Crippen molar-refractivity contribution in [2.45, 2.75) is 6.92 Å². The Balaban J connectivity index is 2.96. The highest BCUT2D eigenvalue weighted by Crippen LogP contribution is 2.31. The number of rotatable bonds is 2. The molecule has 0 amide bonds. The van der Waals surface area contributed by atoms with Gasteiger partial charge in [-0.3, -0.25) is 0 Å². The van der Waals surface area contributed by atoms with Gasteiger partial charge in [-0.05, 0) is 50.9 Å². The fraction of sp³-hybridized carbons (Fsp3) is 0.250. The summed E-state index contributed by atoms with van der Waals surface area (Å²) in [5, 5.41) is 0. The van der Waals surface area contributed by atoms with Gasteiger partial charge < -0.3 is 4.74 Å². The van der Waals surface area contributed by atoms with Gasteiger partial charge in [-0.15, -0.1) is 0 Å². The molecule has 0 atom stereocenters. The first-order valence-corrected chi connectivity index (χ1v) is 4.91. The average molecular weight is 280 g/mol. The molecule has 0 unspecified atom stereocenters. The van der Waals surface area contributed by atoms with E-state index in [-0.39, 0.29) is 0 Å². The third-order valence-corrected chi connectivity index (χ3v) is 3.23. The molecule has 0 heterocycles. The van der Waals surface area contributed by atoms with E-state index in [2.05, 4.69) is 31.9 Å². The summed E-state index contributed by atoms with van der Waals surface area (Å²) in [6.45, 7) is 2.66. The standard InChI is InChI=1S/C8H8Br2O/c1-2-11-7-5-3-4-6(9)8(7)10/h3-5H,2H2,1H3. The van der Waals surface area contributed by atoms with E-state index in [1.54, 1.807) is 0 Å². The van der Waals surface area contributed by atoms with Crippen LogP contribution in [0.25, 0.3) is 0 Å². The van der Waals surface area contributed by atoms with Crippen molar-refractivity contribution in [3.8, 4) is 5.75 Å². The maximum absolute atomic E-state index is 5.34. The van der Waals surface area contributed by atoms with Gasteiger partial charge in [0.2, 0.25) is 0 Å². The minimum Gasteiger partial charge on any atom is -0.493 e. The Bertz CT molecular complexity index is 248. The van der Waals surface area contributed by atoms with Crippen LogP contribution in [-0.2, 0) is 0 Å². The predicted octanol–water partition coefficient (Wildman–Crippen LogP) is 3.61. The highest BCUT2D eigenvalue weighted by atomic mass is 79.9. The lowest BCUT2D eigenvalue weighted by molar-refractivity contribution is 0.338. The smallest absolute Gasteiger partial charge is 0.134 e. The fourth-order valence-electron chi connectivity index (χ4n) is 0.751. The first-order chi connectivity index (χ1) is 5.25. The molecule has 0 aliphatic carbocycles. The fourth-order valence-corrected chi connectivity index (χ4v) is 1.48. The van der Waals surface area contributed by atoms with E-state index in [4.69, 9.17) is 4.74 Å². The quantitative estimate of drug-likeness (QED) is 0.804. The van der Waals surface area contributed by atoms with Gasteiger partial charge in [-0.25, -0.2) is 0 Å². The lowest BCUT2D eigenvalue weighted by Crippen LogP contribution is -1.91. The van der Waals surface area contributed by atoms with Crippen LogP contribution in [0.2, 0.25) is 0 Å². The minimum atomic E-state index is 0.690. The summed E-state index contributed by atoms with van der Waals surface area (Å²) in [5.74, 6) is 0.877. The van der Waals surface area contributed by atoms with Crippen molar-refractivity contribution in [3.63, 3.8) is 0 Å². The zero-order valence-electron chi connectivity index (χ0n) is 6.10. The first-order valence-electron chi connectivity index (χ1n) is 3.32. The van der Waals surface area contributed by atoms with E-state index >= 15 is 0 Å². The second kappa shape index (κ2) is 4.12. The molecule has 1 rings (SSSR count). The lowest BCUT2D eigenvalue weighted by atomic mass is 10.3. The second-order valence-electron chi connectivity index (χ2n) is 1.98. The summed E-state index contributed by atoms with van der Waals surface area (Å²) in [6, 6.07) is 5.84. The predicted molar refractivity (Wildman–Crippen MR) is 53.0 cm³/mol. The highest BCUT2D eigenvalue weighted by molar-refractivity contribution is 9.13. The molecular formula is C8H8Br2O. The minimum absolute atomic E-state index is 0.690. The summed E-state index contributed by atoms with van der Waals surface area (Å²) in [7, 11) is 0. The summed E-state index contributed by atoms with van der Waals surface area (Å²) < 4.78 is 7.33. The molecule has 0 N–H and O–H groups in total. The molecule has 11 heavy (non-hydrogen) atoms. The molecule has 3 heteroatoms. The summed E-state index contributed by atoms with van der Waals surface area (Å²) in [5.41, 5.74) is 0. The van der Waals surface area contributed by atoms with Crippen LogP contribution in [0.15, 0.2) is 27.1 Å². The molecule has 0 radical (unpaired) electrons. The van der Waals surface area contributed by atoms with E-state index < -0.39 is 0 Å². The van der Waals surface area contributed by atoms with Gasteiger partial charge >= 0.3 is 0 Å². The van der Waals surface area contributed by atoms with Crippen LogP contribution >= 0.6 is 31.9 Å². The largest absolute Gasteiger partial charge is 0.493 e. The van der Waals surface area contributed by atoms with Crippen molar-refractivity contribution >= 4 is 31.9 Å². The molecule has 60 valence electrons. The Morgan fingerprint density at radius 1 is 1.36 bits per heavy atom. The zero-order chi connectivity index (χ0) is 8.27. The number of hydrogen-bond donors (Lipinski definition) is 0. The van der Waals surface area contributed by atoms with Gasteiger partial charge in [0.25, 0.3) is 0 Å². The van der Waals surface area contributed by atoms with E-state index in [0.29, 0.717) is 6.61 Å². The van der Waals surface area contributed by atoms with Crippen LogP contribution in [-0.4, -0.2) is 6.61 Å². The molecule has 0 saturated carbocycles. The van der Waals surface area contributed by atoms with Gasteiger partial charge in [-0.2, -0.15) is 0 Å². The Hall–Kier alpha value is -0.0200. The highest BCUT2D eigenvalue weighted by Gasteiger charge is 2.02. The maximum Gasteiger partial charge on any atom is 0.134 e. The molecule has 1 nitrogen and oxygen atoms in total. The Labute approximate surface area is 83.0 Å². The molecule has 0 bridgehead atoms. The summed E-state index contributed by atoms with van der Waals surface area (Å²) >= 11 is 6.80. The molecule has 0 aliphatic heterocycles. The molecular weight excluding hydrogens is 272 g/mol. The summed E-state index contributed by atoms with van der Waals surface area (Å²) in [6.07, 6.45) is 0. The molecule has 0 fully saturated rings. The van der Waals surface area contributed by atoms with E-state index in [1.807, 2.05) is 25.1 Å². The Kier molecular flexibility index (Phi) is 3.40. The van der Waals surface area contributed by atoms with Crippen LogP contribution in [0.4, 0.5) is 0 Å². The molecule has 1 aromatic carbocycles. The molecule has 0 saturated heterocycles. The average Bonchev–Trinajstić information content (AvgIpc) is 1.99. The third kappa shape index (κ3) is 2.20. The van der Waals surface area contributed by atoms with Crippen LogP contribution in [0, 0.1) is 0 Å². The van der Waals surface area contributed by atoms with Crippen molar-refractivity contribution in [3.05, 3.63) is 27.1 Å². The monoisotopic (exact) mass is 278 g/mol. The topological polar surface area (TPSA) is 9.23 Å². The Morgan fingerprint density at radius 3 is 2.73 bits per heavy atom. The van der Waals surface area contributed by atoms with Crippen LogP contribution in [0.1, 0.15) is 6.92 Å². The number of benzene rings is 1. The summed E-state index contributed by atoms with van der Waals surface area (Å²) in [4.78, 5) is 0. The SMILES string of the molecule is CCOc1cccc(Br)c1Br.